The minimum atomic E-state index is -2.75. The molecule has 4 nitrogen and oxygen atoms in total. The lowest BCUT2D eigenvalue weighted by atomic mass is 10.1. The molecule has 2 heterocycles. The maximum absolute atomic E-state index is 14.7. The van der Waals surface area contributed by atoms with Gasteiger partial charge in [0.25, 0.3) is 0 Å². The number of hydrogen-bond acceptors (Lipinski definition) is 1. The van der Waals surface area contributed by atoms with Crippen LogP contribution >= 0.6 is 7.59 Å². The second-order valence-corrected chi connectivity index (χ2v) is 10.1. The highest BCUT2D eigenvalue weighted by molar-refractivity contribution is 7.61. The van der Waals surface area contributed by atoms with Crippen LogP contribution in [0.1, 0.15) is 39.5 Å². The molecule has 5 heteroatoms. The van der Waals surface area contributed by atoms with Crippen molar-refractivity contribution in [2.24, 2.45) is 0 Å². The minimum Gasteiger partial charge on any atom is -0.297 e. The molecular weight excluding hydrogens is 341 g/mol. The van der Waals surface area contributed by atoms with Crippen molar-refractivity contribution in [3.63, 3.8) is 0 Å². The molecule has 0 aliphatic carbocycles. The smallest absolute Gasteiger partial charge is 0.297 e. The summed E-state index contributed by atoms with van der Waals surface area (Å²) in [5.74, 6) is 0. The summed E-state index contributed by atoms with van der Waals surface area (Å²) in [5.41, 5.74) is 1.14. The normalized spacial score (nSPS) is 26.1. The van der Waals surface area contributed by atoms with Gasteiger partial charge in [-0.25, -0.2) is 9.34 Å². The van der Waals surface area contributed by atoms with Crippen LogP contribution < -0.4 is 4.67 Å². The van der Waals surface area contributed by atoms with Gasteiger partial charge in [0.1, 0.15) is 0 Å². The Morgan fingerprint density at radius 3 is 2.58 bits per heavy atom. The van der Waals surface area contributed by atoms with E-state index in [1.807, 2.05) is 0 Å². The quantitative estimate of drug-likeness (QED) is 0.639. The van der Waals surface area contributed by atoms with Crippen LogP contribution in [0.3, 0.4) is 0 Å². The first-order valence-corrected chi connectivity index (χ1v) is 11.6. The highest BCUT2D eigenvalue weighted by atomic mass is 31.2. The Bertz CT molecular complexity index is 813. The van der Waals surface area contributed by atoms with E-state index in [1.165, 1.54) is 17.2 Å². The molecule has 0 spiro atoms. The van der Waals surface area contributed by atoms with Crippen LogP contribution in [0.25, 0.3) is 10.8 Å². The van der Waals surface area contributed by atoms with E-state index >= 15 is 0 Å². The summed E-state index contributed by atoms with van der Waals surface area (Å²) in [7, 11) is -2.75. The molecule has 4 rings (SSSR count). The van der Waals surface area contributed by atoms with Gasteiger partial charge < -0.3 is 0 Å². The van der Waals surface area contributed by atoms with Crippen LogP contribution in [0.15, 0.2) is 42.5 Å². The van der Waals surface area contributed by atoms with E-state index in [0.29, 0.717) is 6.04 Å². The lowest BCUT2D eigenvalue weighted by Gasteiger charge is -2.39. The van der Waals surface area contributed by atoms with Crippen molar-refractivity contribution < 1.29 is 4.57 Å². The summed E-state index contributed by atoms with van der Waals surface area (Å²) in [6, 6.07) is 15.3. The van der Waals surface area contributed by atoms with Crippen molar-refractivity contribution >= 4 is 24.1 Å². The topological polar surface area (TPSA) is 26.8 Å². The summed E-state index contributed by atoms with van der Waals surface area (Å²) in [6.45, 7) is 8.02. The average Bonchev–Trinajstić information content (AvgIpc) is 3.23. The first-order chi connectivity index (χ1) is 12.7. The van der Waals surface area contributed by atoms with E-state index in [0.717, 1.165) is 51.1 Å². The molecule has 2 aromatic rings. The molecule has 26 heavy (non-hydrogen) atoms. The summed E-state index contributed by atoms with van der Waals surface area (Å²) in [6.07, 6.45) is 4.40. The zero-order chi connectivity index (χ0) is 18.1. The summed E-state index contributed by atoms with van der Waals surface area (Å²) >= 11 is 0. The highest BCUT2D eigenvalue weighted by Crippen LogP contribution is 2.65. The second kappa shape index (κ2) is 7.34. The molecule has 0 saturated carbocycles. The number of rotatable bonds is 6. The fraction of sp³-hybridized carbons (Fsp3) is 0.524. The number of hydrogen-bond donors (Lipinski definition) is 0. The van der Waals surface area contributed by atoms with Gasteiger partial charge in [-0.05, 0) is 37.1 Å². The third-order valence-corrected chi connectivity index (χ3v) is 9.10. The SMILES string of the molecule is CCCN(CCC)[P@]1(=O)N(c2cccc3ccccc23)C[C@@H]2CCCN21. The maximum atomic E-state index is 14.7. The summed E-state index contributed by atoms with van der Waals surface area (Å²) in [5, 5.41) is 2.44. The Kier molecular flexibility index (Phi) is 5.09. The molecule has 0 aromatic heterocycles. The first kappa shape index (κ1) is 18.0. The molecule has 0 N–H and O–H groups in total. The van der Waals surface area contributed by atoms with Gasteiger partial charge in [-0.3, -0.25) is 9.24 Å². The molecule has 2 aliphatic heterocycles. The van der Waals surface area contributed by atoms with Gasteiger partial charge in [-0.15, -0.1) is 0 Å². The number of fused-ring (bicyclic) bond motifs is 2. The van der Waals surface area contributed by atoms with Gasteiger partial charge in [-0.2, -0.15) is 0 Å². The molecule has 2 fully saturated rings. The van der Waals surface area contributed by atoms with Crippen molar-refractivity contribution in [2.45, 2.75) is 45.6 Å². The van der Waals surface area contributed by atoms with Gasteiger partial charge in [-0.1, -0.05) is 50.2 Å². The monoisotopic (exact) mass is 371 g/mol. The lowest BCUT2D eigenvalue weighted by Crippen LogP contribution is -2.35. The van der Waals surface area contributed by atoms with E-state index in [2.05, 4.69) is 70.3 Å². The van der Waals surface area contributed by atoms with Crippen LogP contribution in [0.2, 0.25) is 0 Å². The van der Waals surface area contributed by atoms with E-state index in [-0.39, 0.29) is 0 Å². The molecule has 0 bridgehead atoms. The van der Waals surface area contributed by atoms with Crippen molar-refractivity contribution in [3.05, 3.63) is 42.5 Å². The molecule has 0 radical (unpaired) electrons. The van der Waals surface area contributed by atoms with Crippen LogP contribution in [0.4, 0.5) is 5.69 Å². The van der Waals surface area contributed by atoms with Gasteiger partial charge >= 0.3 is 7.59 Å². The van der Waals surface area contributed by atoms with Crippen molar-refractivity contribution in [3.8, 4) is 0 Å². The Hall–Kier alpha value is -1.35. The van der Waals surface area contributed by atoms with E-state index < -0.39 is 7.59 Å². The number of nitrogens with zero attached hydrogens (tertiary/aromatic N) is 3. The molecule has 2 aromatic carbocycles. The molecule has 0 unspecified atom stereocenters. The predicted molar refractivity (Wildman–Crippen MR) is 111 cm³/mol. The van der Waals surface area contributed by atoms with Crippen LogP contribution in [0, 0.1) is 0 Å². The van der Waals surface area contributed by atoms with Crippen molar-refractivity contribution in [1.82, 2.24) is 9.34 Å². The fourth-order valence-electron chi connectivity index (χ4n) is 4.67. The van der Waals surface area contributed by atoms with Crippen LogP contribution in [-0.4, -0.2) is 41.6 Å². The summed E-state index contributed by atoms with van der Waals surface area (Å²) < 4.78 is 21.6. The standard InChI is InChI=1S/C21H30N3OP/c1-3-14-22(15-4-2)26(25)23-16-8-11-19(23)17-24(26)21-13-7-10-18-9-5-6-12-20(18)21/h5-7,9-10,12-13,19H,3-4,8,11,14-17H2,1-2H3/t19-,26+/m0/s1. The third kappa shape index (κ3) is 2.79. The summed E-state index contributed by atoms with van der Waals surface area (Å²) in [4.78, 5) is 0. The Labute approximate surface area is 157 Å². The van der Waals surface area contributed by atoms with Crippen LogP contribution in [-0.2, 0) is 4.57 Å². The maximum Gasteiger partial charge on any atom is 0.311 e. The number of benzene rings is 2. The third-order valence-electron chi connectivity index (χ3n) is 5.76. The first-order valence-electron chi connectivity index (χ1n) is 10.1. The lowest BCUT2D eigenvalue weighted by molar-refractivity contribution is 0.347. The van der Waals surface area contributed by atoms with Crippen LogP contribution in [0.5, 0.6) is 0 Å². The Balaban J connectivity index is 1.84. The van der Waals surface area contributed by atoms with E-state index in [1.54, 1.807) is 0 Å². The zero-order valence-corrected chi connectivity index (χ0v) is 16.9. The van der Waals surface area contributed by atoms with Gasteiger partial charge in [0.05, 0.1) is 5.69 Å². The molecule has 2 aliphatic rings. The van der Waals surface area contributed by atoms with Gasteiger partial charge in [0.2, 0.25) is 0 Å². The Morgan fingerprint density at radius 1 is 1.08 bits per heavy atom. The number of anilines is 1. The molecule has 140 valence electrons. The Morgan fingerprint density at radius 2 is 1.81 bits per heavy atom. The molecule has 2 saturated heterocycles. The molecular formula is C21H30N3OP. The van der Waals surface area contributed by atoms with E-state index in [9.17, 15) is 4.57 Å². The van der Waals surface area contributed by atoms with E-state index in [4.69, 9.17) is 0 Å². The van der Waals surface area contributed by atoms with Crippen molar-refractivity contribution in [2.75, 3.05) is 30.8 Å². The van der Waals surface area contributed by atoms with Gasteiger partial charge in [0.15, 0.2) is 0 Å². The van der Waals surface area contributed by atoms with Crippen molar-refractivity contribution in [1.29, 1.82) is 0 Å². The highest BCUT2D eigenvalue weighted by Gasteiger charge is 2.53. The fourth-order valence-corrected chi connectivity index (χ4v) is 8.37. The molecule has 2 atom stereocenters. The largest absolute Gasteiger partial charge is 0.311 e. The zero-order valence-electron chi connectivity index (χ0n) is 16.0. The minimum absolute atomic E-state index is 0.427. The second-order valence-electron chi connectivity index (χ2n) is 7.51. The average molecular weight is 371 g/mol. The molecule has 0 amide bonds. The predicted octanol–water partition coefficient (Wildman–Crippen LogP) is 5.35. The van der Waals surface area contributed by atoms with Gasteiger partial charge in [0, 0.05) is 37.6 Å².